The molecule has 0 saturated carbocycles. The molecule has 0 spiro atoms. The zero-order valence-corrected chi connectivity index (χ0v) is 10.2. The van der Waals surface area contributed by atoms with Gasteiger partial charge in [0.1, 0.15) is 0 Å². The second-order valence-corrected chi connectivity index (χ2v) is 5.39. The summed E-state index contributed by atoms with van der Waals surface area (Å²) in [5.41, 5.74) is 0. The van der Waals surface area contributed by atoms with Crippen LogP contribution in [0.5, 0.6) is 0 Å². The molecule has 0 radical (unpaired) electrons. The highest BCUT2D eigenvalue weighted by Gasteiger charge is 2.11. The molecule has 0 atom stereocenters. The number of hydrogen-bond acceptors (Lipinski definition) is 3. The molecule has 1 saturated heterocycles. The Kier molecular flexibility index (Phi) is 4.18. The highest BCUT2D eigenvalue weighted by atomic mass is 32.1. The molecule has 0 unspecified atom stereocenters. The highest BCUT2D eigenvalue weighted by molar-refractivity contribution is 7.11. The smallest absolute Gasteiger partial charge is 0.0805 e. The number of methoxy groups -OCH3 is 1. The summed E-state index contributed by atoms with van der Waals surface area (Å²) in [6, 6.07) is 4.43. The van der Waals surface area contributed by atoms with Gasteiger partial charge in [0.15, 0.2) is 0 Å². The van der Waals surface area contributed by atoms with Crippen molar-refractivity contribution < 1.29 is 4.74 Å². The van der Waals surface area contributed by atoms with Gasteiger partial charge in [-0.3, -0.25) is 4.90 Å². The Bertz CT molecular complexity index is 292. The van der Waals surface area contributed by atoms with Crippen molar-refractivity contribution >= 4 is 11.3 Å². The van der Waals surface area contributed by atoms with Crippen LogP contribution in [0.15, 0.2) is 12.1 Å². The lowest BCUT2D eigenvalue weighted by Crippen LogP contribution is -2.28. The van der Waals surface area contributed by atoms with E-state index in [-0.39, 0.29) is 0 Å². The van der Waals surface area contributed by atoms with Crippen LogP contribution in [-0.2, 0) is 17.9 Å². The molecule has 84 valence electrons. The largest absolute Gasteiger partial charge is 0.379 e. The van der Waals surface area contributed by atoms with Crippen molar-refractivity contribution in [3.8, 4) is 0 Å². The van der Waals surface area contributed by atoms with Crippen LogP contribution in [-0.4, -0.2) is 25.1 Å². The van der Waals surface area contributed by atoms with Gasteiger partial charge in [0.2, 0.25) is 0 Å². The molecule has 1 fully saturated rings. The summed E-state index contributed by atoms with van der Waals surface area (Å²) in [7, 11) is 1.75. The maximum Gasteiger partial charge on any atom is 0.0805 e. The van der Waals surface area contributed by atoms with Crippen molar-refractivity contribution in [2.24, 2.45) is 0 Å². The first-order chi connectivity index (χ1) is 7.38. The number of rotatable bonds is 4. The van der Waals surface area contributed by atoms with Crippen molar-refractivity contribution in [1.82, 2.24) is 4.90 Å². The fourth-order valence-electron chi connectivity index (χ4n) is 2.07. The summed E-state index contributed by atoms with van der Waals surface area (Å²) < 4.78 is 5.13. The van der Waals surface area contributed by atoms with E-state index in [4.69, 9.17) is 4.74 Å². The van der Waals surface area contributed by atoms with Crippen molar-refractivity contribution in [2.45, 2.75) is 32.4 Å². The van der Waals surface area contributed by atoms with E-state index in [1.54, 1.807) is 7.11 Å². The summed E-state index contributed by atoms with van der Waals surface area (Å²) in [6.07, 6.45) is 4.16. The topological polar surface area (TPSA) is 12.5 Å². The van der Waals surface area contributed by atoms with Crippen molar-refractivity contribution in [3.05, 3.63) is 21.9 Å². The molecule has 0 aliphatic carbocycles. The van der Waals surface area contributed by atoms with Gasteiger partial charge >= 0.3 is 0 Å². The molecule has 1 aromatic heterocycles. The molecule has 0 N–H and O–H groups in total. The molecule has 1 aliphatic rings. The molecule has 2 rings (SSSR count). The number of likely N-dealkylation sites (tertiary alicyclic amines) is 1. The van der Waals surface area contributed by atoms with Crippen molar-refractivity contribution in [3.63, 3.8) is 0 Å². The Morgan fingerprint density at radius 1 is 1.20 bits per heavy atom. The second-order valence-electron chi connectivity index (χ2n) is 4.14. The fourth-order valence-corrected chi connectivity index (χ4v) is 3.10. The molecule has 15 heavy (non-hydrogen) atoms. The first-order valence-electron chi connectivity index (χ1n) is 5.67. The van der Waals surface area contributed by atoms with Crippen LogP contribution in [0.2, 0.25) is 0 Å². The van der Waals surface area contributed by atoms with E-state index in [9.17, 15) is 0 Å². The fraction of sp³-hybridized carbons (Fsp3) is 0.667. The van der Waals surface area contributed by atoms with Gasteiger partial charge in [-0.05, 0) is 38.1 Å². The van der Waals surface area contributed by atoms with E-state index in [2.05, 4.69) is 17.0 Å². The van der Waals surface area contributed by atoms with Crippen LogP contribution in [0.3, 0.4) is 0 Å². The summed E-state index contributed by atoms with van der Waals surface area (Å²) >= 11 is 1.88. The molecule has 1 aromatic rings. The van der Waals surface area contributed by atoms with Crippen LogP contribution in [0.1, 0.15) is 29.0 Å². The number of piperidine rings is 1. The molecule has 1 aliphatic heterocycles. The van der Waals surface area contributed by atoms with E-state index >= 15 is 0 Å². The SMILES string of the molecule is COCc1ccc(CN2CCCCC2)s1. The summed E-state index contributed by atoms with van der Waals surface area (Å²) in [5, 5.41) is 0. The highest BCUT2D eigenvalue weighted by Crippen LogP contribution is 2.20. The monoisotopic (exact) mass is 225 g/mol. The van der Waals surface area contributed by atoms with E-state index in [1.165, 1.54) is 42.1 Å². The summed E-state index contributed by atoms with van der Waals surface area (Å²) in [4.78, 5) is 5.37. The molecule has 2 heterocycles. The van der Waals surface area contributed by atoms with Gasteiger partial charge < -0.3 is 4.74 Å². The second kappa shape index (κ2) is 5.64. The quantitative estimate of drug-likeness (QED) is 0.781. The van der Waals surface area contributed by atoms with Gasteiger partial charge in [-0.25, -0.2) is 0 Å². The average molecular weight is 225 g/mol. The number of thiophene rings is 1. The maximum atomic E-state index is 5.13. The zero-order valence-electron chi connectivity index (χ0n) is 9.37. The minimum atomic E-state index is 0.755. The van der Waals surface area contributed by atoms with Crippen LogP contribution in [0.4, 0.5) is 0 Å². The van der Waals surface area contributed by atoms with Gasteiger partial charge in [-0.1, -0.05) is 6.42 Å². The third-order valence-corrected chi connectivity index (χ3v) is 3.88. The van der Waals surface area contributed by atoms with E-state index < -0.39 is 0 Å². The minimum absolute atomic E-state index is 0.755. The lowest BCUT2D eigenvalue weighted by atomic mass is 10.1. The molecule has 0 aromatic carbocycles. The Labute approximate surface area is 95.9 Å². The van der Waals surface area contributed by atoms with Gasteiger partial charge in [-0.15, -0.1) is 11.3 Å². The first kappa shape index (κ1) is 11.1. The number of ether oxygens (including phenoxy) is 1. The molecular weight excluding hydrogens is 206 g/mol. The lowest BCUT2D eigenvalue weighted by Gasteiger charge is -2.25. The lowest BCUT2D eigenvalue weighted by molar-refractivity contribution is 0.187. The Morgan fingerprint density at radius 3 is 2.67 bits per heavy atom. The molecule has 0 bridgehead atoms. The van der Waals surface area contributed by atoms with Gasteiger partial charge in [0.25, 0.3) is 0 Å². The third-order valence-electron chi connectivity index (χ3n) is 2.83. The average Bonchev–Trinajstić information content (AvgIpc) is 2.68. The van der Waals surface area contributed by atoms with E-state index in [0.717, 1.165) is 13.2 Å². The van der Waals surface area contributed by atoms with Crippen LogP contribution >= 0.6 is 11.3 Å². The van der Waals surface area contributed by atoms with Crippen LogP contribution in [0.25, 0.3) is 0 Å². The summed E-state index contributed by atoms with van der Waals surface area (Å²) in [6.45, 7) is 4.44. The maximum absolute atomic E-state index is 5.13. The molecule has 0 amide bonds. The van der Waals surface area contributed by atoms with E-state index in [0.29, 0.717) is 0 Å². The number of nitrogens with zero attached hydrogens (tertiary/aromatic N) is 1. The Morgan fingerprint density at radius 2 is 1.93 bits per heavy atom. The van der Waals surface area contributed by atoms with E-state index in [1.807, 2.05) is 11.3 Å². The van der Waals surface area contributed by atoms with Gasteiger partial charge in [-0.2, -0.15) is 0 Å². The standard InChI is InChI=1S/C12H19NOS/c1-14-10-12-6-5-11(15-12)9-13-7-3-2-4-8-13/h5-6H,2-4,7-10H2,1H3. The van der Waals surface area contributed by atoms with Gasteiger partial charge in [0, 0.05) is 23.4 Å². The normalized spacial score (nSPS) is 18.2. The predicted octanol–water partition coefficient (Wildman–Crippen LogP) is 2.88. The Hall–Kier alpha value is -0.380. The predicted molar refractivity (Wildman–Crippen MR) is 64.2 cm³/mol. The number of hydrogen-bond donors (Lipinski definition) is 0. The first-order valence-corrected chi connectivity index (χ1v) is 6.49. The van der Waals surface area contributed by atoms with Crippen molar-refractivity contribution in [1.29, 1.82) is 0 Å². The molecule has 2 nitrogen and oxygen atoms in total. The van der Waals surface area contributed by atoms with Crippen LogP contribution in [0, 0.1) is 0 Å². The zero-order chi connectivity index (χ0) is 10.5. The van der Waals surface area contributed by atoms with Crippen molar-refractivity contribution in [2.75, 3.05) is 20.2 Å². The summed E-state index contributed by atoms with van der Waals surface area (Å²) in [5.74, 6) is 0. The molecule has 3 heteroatoms. The Balaban J connectivity index is 1.86. The van der Waals surface area contributed by atoms with Crippen LogP contribution < -0.4 is 0 Å². The molecular formula is C12H19NOS. The van der Waals surface area contributed by atoms with Gasteiger partial charge in [0.05, 0.1) is 6.61 Å². The minimum Gasteiger partial charge on any atom is -0.379 e. The third kappa shape index (κ3) is 3.30.